The van der Waals surface area contributed by atoms with Crippen molar-refractivity contribution in [2.24, 2.45) is 5.10 Å². The van der Waals surface area contributed by atoms with Gasteiger partial charge in [0.25, 0.3) is 11.8 Å². The molecule has 0 bridgehead atoms. The number of hydrazone groups is 1. The molecule has 3 aromatic rings. The molecule has 0 aromatic heterocycles. The Labute approximate surface area is 200 Å². The number of methoxy groups -OCH3 is 1. The van der Waals surface area contributed by atoms with Crippen LogP contribution in [0.15, 0.2) is 70.2 Å². The number of para-hydroxylation sites is 1. The molecule has 170 valence electrons. The van der Waals surface area contributed by atoms with Crippen molar-refractivity contribution in [3.05, 3.63) is 87.4 Å². The number of hydrogen-bond donors (Lipinski definition) is 2. The van der Waals surface area contributed by atoms with Crippen molar-refractivity contribution >= 4 is 39.6 Å². The Balaban J connectivity index is 1.63. The van der Waals surface area contributed by atoms with Gasteiger partial charge in [-0.15, -0.1) is 0 Å². The van der Waals surface area contributed by atoms with E-state index in [0.29, 0.717) is 27.1 Å². The summed E-state index contributed by atoms with van der Waals surface area (Å²) in [5, 5.41) is 6.83. The summed E-state index contributed by atoms with van der Waals surface area (Å²) in [7, 11) is 1.50. The number of rotatable bonds is 8. The average Bonchev–Trinajstić information content (AvgIpc) is 2.80. The van der Waals surface area contributed by atoms with Crippen LogP contribution in [-0.4, -0.2) is 31.7 Å². The third kappa shape index (κ3) is 6.66. The molecule has 0 saturated heterocycles. The van der Waals surface area contributed by atoms with E-state index in [-0.39, 0.29) is 18.4 Å². The minimum absolute atomic E-state index is 0.191. The van der Waals surface area contributed by atoms with E-state index in [1.165, 1.54) is 13.3 Å². The van der Waals surface area contributed by atoms with Gasteiger partial charge in [-0.05, 0) is 71.2 Å². The Morgan fingerprint density at radius 2 is 1.79 bits per heavy atom. The monoisotopic (exact) mass is 509 g/mol. The molecule has 0 atom stereocenters. The van der Waals surface area contributed by atoms with Crippen molar-refractivity contribution in [2.75, 3.05) is 19.0 Å². The predicted molar refractivity (Wildman–Crippen MR) is 132 cm³/mol. The lowest BCUT2D eigenvalue weighted by molar-refractivity contribution is -0.118. The van der Waals surface area contributed by atoms with Gasteiger partial charge in [0.15, 0.2) is 18.1 Å². The zero-order valence-corrected chi connectivity index (χ0v) is 20.1. The smallest absolute Gasteiger partial charge is 0.271 e. The van der Waals surface area contributed by atoms with Gasteiger partial charge >= 0.3 is 0 Å². The Kier molecular flexibility index (Phi) is 8.21. The van der Waals surface area contributed by atoms with Crippen LogP contribution in [0, 0.1) is 13.8 Å². The SMILES string of the molecule is COc1cc(/C=N/NC(=O)c2ccc(C)cc2)cc(Br)c1OCC(=O)Nc1ccccc1C. The van der Waals surface area contributed by atoms with E-state index < -0.39 is 0 Å². The molecular weight excluding hydrogens is 486 g/mol. The van der Waals surface area contributed by atoms with Gasteiger partial charge < -0.3 is 14.8 Å². The van der Waals surface area contributed by atoms with Gasteiger partial charge in [0.1, 0.15) is 0 Å². The number of hydrogen-bond acceptors (Lipinski definition) is 5. The first kappa shape index (κ1) is 24.0. The fraction of sp³-hybridized carbons (Fsp3) is 0.160. The van der Waals surface area contributed by atoms with Crippen LogP contribution in [0.25, 0.3) is 0 Å². The molecule has 7 nitrogen and oxygen atoms in total. The maximum absolute atomic E-state index is 12.3. The normalized spacial score (nSPS) is 10.7. The summed E-state index contributed by atoms with van der Waals surface area (Å²) in [5.74, 6) is 0.206. The minimum atomic E-state index is -0.308. The summed E-state index contributed by atoms with van der Waals surface area (Å²) in [6.07, 6.45) is 1.49. The summed E-state index contributed by atoms with van der Waals surface area (Å²) in [5.41, 5.74) is 6.45. The highest BCUT2D eigenvalue weighted by molar-refractivity contribution is 9.10. The Bertz CT molecular complexity index is 1180. The van der Waals surface area contributed by atoms with Gasteiger partial charge in [0.05, 0.1) is 17.8 Å². The molecule has 0 radical (unpaired) electrons. The lowest BCUT2D eigenvalue weighted by Crippen LogP contribution is -2.21. The molecule has 33 heavy (non-hydrogen) atoms. The van der Waals surface area contributed by atoms with Gasteiger partial charge in [0.2, 0.25) is 0 Å². The van der Waals surface area contributed by atoms with Crippen LogP contribution in [0.2, 0.25) is 0 Å². The first-order valence-electron chi connectivity index (χ1n) is 10.1. The molecule has 0 aliphatic carbocycles. The summed E-state index contributed by atoms with van der Waals surface area (Å²) < 4.78 is 11.7. The second-order valence-corrected chi connectivity index (χ2v) is 8.11. The molecular formula is C25H24BrN3O4. The highest BCUT2D eigenvalue weighted by Crippen LogP contribution is 2.36. The van der Waals surface area contributed by atoms with E-state index >= 15 is 0 Å². The maximum Gasteiger partial charge on any atom is 0.271 e. The Morgan fingerprint density at radius 1 is 1.06 bits per heavy atom. The summed E-state index contributed by atoms with van der Waals surface area (Å²) in [6.45, 7) is 3.68. The van der Waals surface area contributed by atoms with Crippen LogP contribution >= 0.6 is 15.9 Å². The molecule has 2 N–H and O–H groups in total. The third-order valence-corrected chi connectivity index (χ3v) is 5.30. The number of halogens is 1. The maximum atomic E-state index is 12.3. The highest BCUT2D eigenvalue weighted by Gasteiger charge is 2.14. The van der Waals surface area contributed by atoms with Gasteiger partial charge in [-0.25, -0.2) is 5.43 Å². The van der Waals surface area contributed by atoms with Crippen molar-refractivity contribution in [3.8, 4) is 11.5 Å². The first-order valence-corrected chi connectivity index (χ1v) is 10.9. The van der Waals surface area contributed by atoms with Crippen molar-refractivity contribution in [1.29, 1.82) is 0 Å². The van der Waals surface area contributed by atoms with E-state index in [9.17, 15) is 9.59 Å². The molecule has 0 spiro atoms. The second-order valence-electron chi connectivity index (χ2n) is 7.25. The van der Waals surface area contributed by atoms with Crippen LogP contribution in [0.5, 0.6) is 11.5 Å². The van der Waals surface area contributed by atoms with Gasteiger partial charge in [-0.3, -0.25) is 9.59 Å². The van der Waals surface area contributed by atoms with Crippen molar-refractivity contribution < 1.29 is 19.1 Å². The second kappa shape index (κ2) is 11.3. The molecule has 2 amide bonds. The van der Waals surface area contributed by atoms with Crippen LogP contribution in [0.4, 0.5) is 5.69 Å². The summed E-state index contributed by atoms with van der Waals surface area (Å²) >= 11 is 3.45. The number of benzene rings is 3. The van der Waals surface area contributed by atoms with Gasteiger partial charge in [0, 0.05) is 11.3 Å². The molecule has 0 saturated carbocycles. The van der Waals surface area contributed by atoms with Crippen LogP contribution in [0.1, 0.15) is 27.0 Å². The number of amides is 2. The lowest BCUT2D eigenvalue weighted by Gasteiger charge is -2.14. The van der Waals surface area contributed by atoms with Crippen LogP contribution in [0.3, 0.4) is 0 Å². The number of nitrogens with one attached hydrogen (secondary N) is 2. The van der Waals surface area contributed by atoms with Crippen LogP contribution < -0.4 is 20.2 Å². The van der Waals surface area contributed by atoms with Crippen molar-refractivity contribution in [2.45, 2.75) is 13.8 Å². The summed E-state index contributed by atoms with van der Waals surface area (Å²) in [6, 6.07) is 18.1. The third-order valence-electron chi connectivity index (χ3n) is 4.71. The predicted octanol–water partition coefficient (Wildman–Crippen LogP) is 4.86. The largest absolute Gasteiger partial charge is 0.493 e. The molecule has 3 rings (SSSR count). The van der Waals surface area contributed by atoms with E-state index in [0.717, 1.165) is 16.8 Å². The van der Waals surface area contributed by atoms with Gasteiger partial charge in [-0.1, -0.05) is 35.9 Å². The lowest BCUT2D eigenvalue weighted by atomic mass is 10.1. The van der Waals surface area contributed by atoms with Gasteiger partial charge in [-0.2, -0.15) is 5.10 Å². The molecule has 0 aliphatic heterocycles. The topological polar surface area (TPSA) is 89.0 Å². The van der Waals surface area contributed by atoms with Crippen molar-refractivity contribution in [3.63, 3.8) is 0 Å². The Hall–Kier alpha value is -3.65. The molecule has 0 unspecified atom stereocenters. The molecule has 3 aromatic carbocycles. The van der Waals surface area contributed by atoms with E-state index in [1.807, 2.05) is 50.2 Å². The van der Waals surface area contributed by atoms with E-state index in [2.05, 4.69) is 31.8 Å². The van der Waals surface area contributed by atoms with Crippen LogP contribution in [-0.2, 0) is 4.79 Å². The van der Waals surface area contributed by atoms with Crippen molar-refractivity contribution in [1.82, 2.24) is 5.43 Å². The minimum Gasteiger partial charge on any atom is -0.493 e. The number of ether oxygens (including phenoxy) is 2. The molecule has 0 fully saturated rings. The number of aryl methyl sites for hydroxylation is 2. The fourth-order valence-corrected chi connectivity index (χ4v) is 3.50. The zero-order chi connectivity index (χ0) is 23.8. The fourth-order valence-electron chi connectivity index (χ4n) is 2.93. The number of anilines is 1. The summed E-state index contributed by atoms with van der Waals surface area (Å²) in [4.78, 5) is 24.5. The Morgan fingerprint density at radius 3 is 2.48 bits per heavy atom. The molecule has 8 heteroatoms. The molecule has 0 heterocycles. The zero-order valence-electron chi connectivity index (χ0n) is 18.5. The number of carbonyl (C=O) groups excluding carboxylic acids is 2. The highest BCUT2D eigenvalue weighted by atomic mass is 79.9. The van der Waals surface area contributed by atoms with E-state index in [4.69, 9.17) is 9.47 Å². The average molecular weight is 510 g/mol. The number of carbonyl (C=O) groups is 2. The number of nitrogens with zero attached hydrogens (tertiary/aromatic N) is 1. The quantitative estimate of drug-likeness (QED) is 0.335. The standard InChI is InChI=1S/C25H24BrN3O4/c1-16-8-10-19(11-9-16)25(31)29-27-14-18-12-20(26)24(22(13-18)32-3)33-15-23(30)28-21-7-5-4-6-17(21)2/h4-14H,15H2,1-3H3,(H,28,30)(H,29,31)/b27-14+. The van der Waals surface area contributed by atoms with E-state index in [1.54, 1.807) is 24.3 Å². The first-order chi connectivity index (χ1) is 15.9. The molecule has 0 aliphatic rings.